The number of nitro benzene ring substituents is 1. The van der Waals surface area contributed by atoms with Crippen molar-refractivity contribution in [1.82, 2.24) is 9.38 Å². The molecule has 2 aromatic heterocycles. The summed E-state index contributed by atoms with van der Waals surface area (Å²) in [6.45, 7) is 3.60. The number of aryl methyl sites for hydroxylation is 2. The third-order valence-corrected chi connectivity index (χ3v) is 5.59. The van der Waals surface area contributed by atoms with Gasteiger partial charge in [0, 0.05) is 23.5 Å². The van der Waals surface area contributed by atoms with Gasteiger partial charge in [-0.15, -0.1) is 0 Å². The number of amides is 1. The van der Waals surface area contributed by atoms with Crippen LogP contribution in [0.4, 0.5) is 11.4 Å². The van der Waals surface area contributed by atoms with Crippen molar-refractivity contribution < 1.29 is 9.72 Å². The second-order valence-electron chi connectivity index (χ2n) is 6.39. The van der Waals surface area contributed by atoms with Gasteiger partial charge >= 0.3 is 0 Å². The largest absolute Gasteiger partial charge is 0.315 e. The van der Waals surface area contributed by atoms with Gasteiger partial charge in [0.05, 0.1) is 10.6 Å². The molecular formula is C20H16N4O3S. The first-order chi connectivity index (χ1) is 13.4. The van der Waals surface area contributed by atoms with Gasteiger partial charge in [-0.1, -0.05) is 47.7 Å². The molecule has 8 heteroatoms. The van der Waals surface area contributed by atoms with Crippen molar-refractivity contribution >= 4 is 33.6 Å². The van der Waals surface area contributed by atoms with E-state index >= 15 is 0 Å². The fraction of sp³-hybridized carbons (Fsp3) is 0.100. The smallest absolute Gasteiger partial charge is 0.293 e. The Morgan fingerprint density at radius 1 is 1.18 bits per heavy atom. The maximum atomic E-state index is 12.8. The molecular weight excluding hydrogens is 376 g/mol. The van der Waals surface area contributed by atoms with Crippen LogP contribution in [0.25, 0.3) is 16.2 Å². The van der Waals surface area contributed by atoms with Gasteiger partial charge in [0.15, 0.2) is 4.96 Å². The number of hydrogen-bond acceptors (Lipinski definition) is 5. The standard InChI is InChI=1S/C20H16N4O3S/c1-12-8-9-15(17(10-12)24(26)27)21-19(25)18-13(2)23-11-16(22-20(23)28-18)14-6-4-3-5-7-14/h3-11H,1-2H3,(H,21,25). The van der Waals surface area contributed by atoms with Crippen molar-refractivity contribution in [3.8, 4) is 11.3 Å². The van der Waals surface area contributed by atoms with Crippen molar-refractivity contribution in [2.75, 3.05) is 5.32 Å². The number of carbonyl (C=O) groups is 1. The maximum absolute atomic E-state index is 12.8. The molecule has 0 aliphatic rings. The van der Waals surface area contributed by atoms with Crippen LogP contribution in [0.15, 0.2) is 54.7 Å². The van der Waals surface area contributed by atoms with Crippen LogP contribution in [0.1, 0.15) is 20.9 Å². The van der Waals surface area contributed by atoms with E-state index in [0.717, 1.165) is 22.5 Å². The highest BCUT2D eigenvalue weighted by molar-refractivity contribution is 7.19. The molecule has 0 spiro atoms. The van der Waals surface area contributed by atoms with E-state index in [4.69, 9.17) is 0 Å². The molecule has 28 heavy (non-hydrogen) atoms. The average molecular weight is 392 g/mol. The number of nitrogens with one attached hydrogen (secondary N) is 1. The molecule has 0 aliphatic heterocycles. The van der Waals surface area contributed by atoms with Crippen LogP contribution in [-0.4, -0.2) is 20.2 Å². The maximum Gasteiger partial charge on any atom is 0.293 e. The summed E-state index contributed by atoms with van der Waals surface area (Å²) < 4.78 is 1.87. The van der Waals surface area contributed by atoms with E-state index < -0.39 is 4.92 Å². The van der Waals surface area contributed by atoms with Gasteiger partial charge in [-0.2, -0.15) is 0 Å². The van der Waals surface area contributed by atoms with Crippen molar-refractivity contribution in [3.63, 3.8) is 0 Å². The summed E-state index contributed by atoms with van der Waals surface area (Å²) in [5.41, 5.74) is 3.37. The first-order valence-corrected chi connectivity index (χ1v) is 9.36. The molecule has 0 bridgehead atoms. The number of nitrogens with zero attached hydrogens (tertiary/aromatic N) is 3. The topological polar surface area (TPSA) is 89.5 Å². The van der Waals surface area contributed by atoms with Crippen LogP contribution in [0, 0.1) is 24.0 Å². The Balaban J connectivity index is 1.66. The number of benzene rings is 2. The first kappa shape index (κ1) is 17.9. The zero-order valence-electron chi connectivity index (χ0n) is 15.2. The minimum absolute atomic E-state index is 0.126. The summed E-state index contributed by atoms with van der Waals surface area (Å²) in [4.78, 5) is 29.3. The van der Waals surface area contributed by atoms with E-state index in [1.165, 1.54) is 17.4 Å². The predicted molar refractivity (Wildman–Crippen MR) is 109 cm³/mol. The molecule has 0 saturated heterocycles. The molecule has 0 radical (unpaired) electrons. The minimum atomic E-state index is -0.497. The van der Waals surface area contributed by atoms with Crippen LogP contribution < -0.4 is 5.32 Å². The Morgan fingerprint density at radius 2 is 1.93 bits per heavy atom. The van der Waals surface area contributed by atoms with E-state index in [0.29, 0.717) is 9.84 Å². The molecule has 4 aromatic rings. The van der Waals surface area contributed by atoms with Gasteiger partial charge in [0.1, 0.15) is 10.6 Å². The summed E-state index contributed by atoms with van der Waals surface area (Å²) in [6.07, 6.45) is 1.89. The lowest BCUT2D eigenvalue weighted by molar-refractivity contribution is -0.384. The zero-order chi connectivity index (χ0) is 19.8. The molecule has 1 N–H and O–H groups in total. The minimum Gasteiger partial charge on any atom is -0.315 e. The first-order valence-electron chi connectivity index (χ1n) is 8.54. The molecule has 1 amide bonds. The second-order valence-corrected chi connectivity index (χ2v) is 7.37. The Labute approximate surface area is 164 Å². The highest BCUT2D eigenvalue weighted by Gasteiger charge is 2.21. The van der Waals surface area contributed by atoms with E-state index in [1.807, 2.05) is 47.9 Å². The van der Waals surface area contributed by atoms with E-state index in [-0.39, 0.29) is 17.3 Å². The van der Waals surface area contributed by atoms with Crippen molar-refractivity contribution in [2.24, 2.45) is 0 Å². The van der Waals surface area contributed by atoms with Crippen LogP contribution in [-0.2, 0) is 0 Å². The van der Waals surface area contributed by atoms with Crippen LogP contribution in [0.2, 0.25) is 0 Å². The van der Waals surface area contributed by atoms with Gasteiger partial charge in [-0.05, 0) is 25.5 Å². The number of imidazole rings is 1. The highest BCUT2D eigenvalue weighted by Crippen LogP contribution is 2.30. The number of rotatable bonds is 4. The molecule has 4 rings (SSSR count). The fourth-order valence-corrected chi connectivity index (χ4v) is 3.99. The predicted octanol–water partition coefficient (Wildman–Crippen LogP) is 4.84. The third-order valence-electron chi connectivity index (χ3n) is 4.43. The summed E-state index contributed by atoms with van der Waals surface area (Å²) >= 11 is 1.25. The molecule has 0 unspecified atom stereocenters. The Kier molecular flexibility index (Phi) is 4.40. The highest BCUT2D eigenvalue weighted by atomic mass is 32.1. The van der Waals surface area contributed by atoms with E-state index in [2.05, 4.69) is 10.3 Å². The number of hydrogen-bond donors (Lipinski definition) is 1. The molecule has 0 saturated carbocycles. The quantitative estimate of drug-likeness (QED) is 0.397. The molecule has 2 aromatic carbocycles. The number of fused-ring (bicyclic) bond motifs is 1. The van der Waals surface area contributed by atoms with Crippen LogP contribution in [0.3, 0.4) is 0 Å². The van der Waals surface area contributed by atoms with Crippen molar-refractivity contribution in [1.29, 1.82) is 0 Å². The summed E-state index contributed by atoms with van der Waals surface area (Å²) in [5.74, 6) is -0.388. The number of nitro groups is 1. The fourth-order valence-electron chi connectivity index (χ4n) is 2.99. The summed E-state index contributed by atoms with van der Waals surface area (Å²) in [7, 11) is 0. The lowest BCUT2D eigenvalue weighted by atomic mass is 10.2. The Bertz CT molecular complexity index is 1210. The summed E-state index contributed by atoms with van der Waals surface area (Å²) in [5, 5.41) is 13.9. The number of anilines is 1. The molecule has 140 valence electrons. The monoisotopic (exact) mass is 392 g/mol. The molecule has 0 fully saturated rings. The normalized spacial score (nSPS) is 10.9. The number of aromatic nitrogens is 2. The Morgan fingerprint density at radius 3 is 2.61 bits per heavy atom. The van der Waals surface area contributed by atoms with Crippen molar-refractivity contribution in [3.05, 3.63) is 81.0 Å². The van der Waals surface area contributed by atoms with E-state index in [1.54, 1.807) is 19.1 Å². The van der Waals surface area contributed by atoms with Crippen molar-refractivity contribution in [2.45, 2.75) is 13.8 Å². The lowest BCUT2D eigenvalue weighted by Gasteiger charge is -2.06. The van der Waals surface area contributed by atoms with Gasteiger partial charge in [-0.3, -0.25) is 19.3 Å². The molecule has 0 atom stereocenters. The van der Waals surface area contributed by atoms with Gasteiger partial charge in [0.25, 0.3) is 11.6 Å². The van der Waals surface area contributed by atoms with Crippen LogP contribution >= 0.6 is 11.3 Å². The SMILES string of the molecule is Cc1ccc(NC(=O)c2sc3nc(-c4ccccc4)cn3c2C)c([N+](=O)[O-])c1. The molecule has 2 heterocycles. The van der Waals surface area contributed by atoms with Crippen LogP contribution in [0.5, 0.6) is 0 Å². The van der Waals surface area contributed by atoms with Gasteiger partial charge in [-0.25, -0.2) is 4.98 Å². The zero-order valence-corrected chi connectivity index (χ0v) is 16.0. The number of thiazole rings is 1. The Hall–Kier alpha value is -3.52. The lowest BCUT2D eigenvalue weighted by Crippen LogP contribution is -2.13. The molecule has 0 aliphatic carbocycles. The molecule has 7 nitrogen and oxygen atoms in total. The average Bonchev–Trinajstić information content (AvgIpc) is 3.23. The van der Waals surface area contributed by atoms with Gasteiger partial charge < -0.3 is 5.32 Å². The summed E-state index contributed by atoms with van der Waals surface area (Å²) in [6, 6.07) is 14.5. The number of carbonyl (C=O) groups excluding carboxylic acids is 1. The third kappa shape index (κ3) is 3.14. The van der Waals surface area contributed by atoms with Gasteiger partial charge in [0.2, 0.25) is 0 Å². The second kappa shape index (κ2) is 6.90. The van der Waals surface area contributed by atoms with E-state index in [9.17, 15) is 14.9 Å².